The van der Waals surface area contributed by atoms with E-state index in [1.165, 1.54) is 18.2 Å². The number of carbonyl (C=O) groups excluding carboxylic acids is 1. The van der Waals surface area contributed by atoms with E-state index in [1.807, 2.05) is 17.4 Å². The van der Waals surface area contributed by atoms with E-state index in [0.717, 1.165) is 0 Å². The molecule has 0 bridgehead atoms. The van der Waals surface area contributed by atoms with Crippen LogP contribution in [0, 0.1) is 5.82 Å². The van der Waals surface area contributed by atoms with Gasteiger partial charge in [-0.05, 0) is 38.6 Å². The number of hydrazine groups is 1. The molecule has 1 amide bonds. The maximum Gasteiger partial charge on any atom is 0.265 e. The molecular weight excluding hydrogens is 249 g/mol. The van der Waals surface area contributed by atoms with E-state index < -0.39 is 5.91 Å². The lowest BCUT2D eigenvalue weighted by Crippen LogP contribution is -2.30. The van der Waals surface area contributed by atoms with Gasteiger partial charge in [0.15, 0.2) is 0 Å². The van der Waals surface area contributed by atoms with Crippen LogP contribution in [0.2, 0.25) is 0 Å². The highest BCUT2D eigenvalue weighted by Gasteiger charge is 2.11. The largest absolute Gasteiger partial charge is 0.393 e. The van der Waals surface area contributed by atoms with Gasteiger partial charge in [-0.2, -0.15) is 0 Å². The minimum absolute atomic E-state index is 0.322. The van der Waals surface area contributed by atoms with Crippen LogP contribution in [0.4, 0.5) is 4.39 Å². The van der Waals surface area contributed by atoms with Crippen molar-refractivity contribution >= 4 is 5.91 Å². The van der Waals surface area contributed by atoms with Crippen LogP contribution in [-0.4, -0.2) is 35.6 Å². The number of amides is 1. The van der Waals surface area contributed by atoms with Crippen molar-refractivity contribution in [3.8, 4) is 0 Å². The summed E-state index contributed by atoms with van der Waals surface area (Å²) in [5.41, 5.74) is 2.76. The quantitative estimate of drug-likeness (QED) is 0.402. The molecule has 0 heterocycles. The second-order valence-corrected chi connectivity index (χ2v) is 4.66. The monoisotopic (exact) mass is 269 g/mol. The van der Waals surface area contributed by atoms with Gasteiger partial charge >= 0.3 is 0 Å². The second-order valence-electron chi connectivity index (χ2n) is 4.66. The number of halogens is 1. The fraction of sp³-hybridized carbons (Fsp3) is 0.462. The molecule has 1 aromatic carbocycles. The molecule has 0 saturated heterocycles. The van der Waals surface area contributed by atoms with E-state index in [0.29, 0.717) is 30.6 Å². The minimum atomic E-state index is -0.451. The van der Waals surface area contributed by atoms with E-state index in [4.69, 9.17) is 5.84 Å². The van der Waals surface area contributed by atoms with Gasteiger partial charge in [-0.25, -0.2) is 10.2 Å². The van der Waals surface area contributed by atoms with Crippen molar-refractivity contribution in [2.45, 2.75) is 26.0 Å². The Labute approximate surface area is 112 Å². The molecule has 0 saturated carbocycles. The highest BCUT2D eigenvalue weighted by molar-refractivity contribution is 5.93. The van der Waals surface area contributed by atoms with Crippen LogP contribution in [0.5, 0.6) is 0 Å². The summed E-state index contributed by atoms with van der Waals surface area (Å²) in [7, 11) is 1.83. The van der Waals surface area contributed by atoms with Gasteiger partial charge < -0.3 is 10.0 Å². The van der Waals surface area contributed by atoms with Crippen LogP contribution < -0.4 is 11.3 Å². The third-order valence-corrected chi connectivity index (χ3v) is 2.81. The van der Waals surface area contributed by atoms with Gasteiger partial charge in [0.05, 0.1) is 6.10 Å². The van der Waals surface area contributed by atoms with Crippen LogP contribution in [-0.2, 0) is 6.54 Å². The molecule has 0 aliphatic heterocycles. The lowest BCUT2D eigenvalue weighted by molar-refractivity contribution is 0.0953. The number of benzene rings is 1. The van der Waals surface area contributed by atoms with Crippen LogP contribution in [0.15, 0.2) is 18.2 Å². The third kappa shape index (κ3) is 4.94. The topological polar surface area (TPSA) is 78.6 Å². The Morgan fingerprint density at radius 1 is 1.58 bits per heavy atom. The van der Waals surface area contributed by atoms with Gasteiger partial charge in [-0.1, -0.05) is 0 Å². The van der Waals surface area contributed by atoms with Gasteiger partial charge in [0.1, 0.15) is 5.82 Å². The number of hydrogen-bond acceptors (Lipinski definition) is 4. The Hall–Kier alpha value is -1.50. The third-order valence-electron chi connectivity index (χ3n) is 2.81. The zero-order chi connectivity index (χ0) is 14.4. The van der Waals surface area contributed by atoms with E-state index in [9.17, 15) is 14.3 Å². The number of nitrogen functional groups attached to an aromatic ring is 1. The average Bonchev–Trinajstić information content (AvgIpc) is 2.38. The Balaban J connectivity index is 2.73. The molecule has 0 spiro atoms. The summed E-state index contributed by atoms with van der Waals surface area (Å²) in [6.07, 6.45) is 0.225. The van der Waals surface area contributed by atoms with E-state index in [2.05, 4.69) is 0 Å². The summed E-state index contributed by atoms with van der Waals surface area (Å²) in [5.74, 6) is 4.23. The van der Waals surface area contributed by atoms with Crippen molar-refractivity contribution in [3.63, 3.8) is 0 Å². The van der Waals surface area contributed by atoms with Crippen molar-refractivity contribution in [3.05, 3.63) is 35.1 Å². The van der Waals surface area contributed by atoms with Crippen LogP contribution in [0.3, 0.4) is 0 Å². The van der Waals surface area contributed by atoms with Crippen LogP contribution in [0.25, 0.3) is 0 Å². The zero-order valence-corrected chi connectivity index (χ0v) is 11.2. The Bertz CT molecular complexity index is 438. The lowest BCUT2D eigenvalue weighted by atomic mass is 10.1. The Morgan fingerprint density at radius 2 is 2.26 bits per heavy atom. The highest BCUT2D eigenvalue weighted by Crippen LogP contribution is 2.13. The minimum Gasteiger partial charge on any atom is -0.393 e. The summed E-state index contributed by atoms with van der Waals surface area (Å²) in [6, 6.07) is 4.12. The number of rotatable bonds is 6. The molecule has 6 heteroatoms. The maximum atomic E-state index is 13.7. The molecule has 1 atom stereocenters. The number of nitrogens with one attached hydrogen (secondary N) is 1. The van der Waals surface area contributed by atoms with Crippen molar-refractivity contribution < 1.29 is 14.3 Å². The predicted octanol–water partition coefficient (Wildman–Crippen LogP) is 0.632. The molecule has 19 heavy (non-hydrogen) atoms. The normalized spacial score (nSPS) is 12.5. The summed E-state index contributed by atoms with van der Waals surface area (Å²) in [4.78, 5) is 13.3. The first kappa shape index (κ1) is 15.6. The molecule has 0 aliphatic rings. The number of carbonyl (C=O) groups is 1. The molecule has 0 radical (unpaired) electrons. The molecule has 4 N–H and O–H groups in total. The molecular formula is C13H20FN3O2. The number of aliphatic hydroxyl groups excluding tert-OH is 1. The number of nitrogens with two attached hydrogens (primary N) is 1. The Morgan fingerprint density at radius 3 is 2.84 bits per heavy atom. The fourth-order valence-electron chi connectivity index (χ4n) is 1.70. The molecule has 0 aliphatic carbocycles. The van der Waals surface area contributed by atoms with Gasteiger partial charge in [-0.3, -0.25) is 10.2 Å². The first-order valence-corrected chi connectivity index (χ1v) is 6.10. The van der Waals surface area contributed by atoms with Crippen molar-refractivity contribution in [1.29, 1.82) is 0 Å². The molecule has 5 nitrogen and oxygen atoms in total. The number of nitrogens with zero attached hydrogens (tertiary/aromatic N) is 1. The average molecular weight is 269 g/mol. The molecule has 1 rings (SSSR count). The summed E-state index contributed by atoms with van der Waals surface area (Å²) >= 11 is 0. The van der Waals surface area contributed by atoms with Gasteiger partial charge in [0, 0.05) is 24.2 Å². The highest BCUT2D eigenvalue weighted by atomic mass is 19.1. The van der Waals surface area contributed by atoms with Crippen LogP contribution >= 0.6 is 0 Å². The van der Waals surface area contributed by atoms with Crippen molar-refractivity contribution in [1.82, 2.24) is 10.3 Å². The van der Waals surface area contributed by atoms with E-state index in [-0.39, 0.29) is 11.9 Å². The molecule has 1 aromatic rings. The predicted molar refractivity (Wildman–Crippen MR) is 70.7 cm³/mol. The smallest absolute Gasteiger partial charge is 0.265 e. The summed E-state index contributed by atoms with van der Waals surface area (Å²) in [5, 5.41) is 9.20. The molecule has 1 unspecified atom stereocenters. The van der Waals surface area contributed by atoms with Crippen molar-refractivity contribution in [2.75, 3.05) is 13.6 Å². The molecule has 106 valence electrons. The molecule has 0 aromatic heterocycles. The standard InChI is InChI=1S/C13H20FN3O2/c1-9(18)5-6-17(2)8-11-7-10(13(19)16-15)3-4-12(11)14/h3-4,7,9,18H,5-6,8,15H2,1-2H3,(H,16,19). The maximum absolute atomic E-state index is 13.7. The van der Waals surface area contributed by atoms with Crippen LogP contribution in [0.1, 0.15) is 29.3 Å². The second kappa shape index (κ2) is 7.18. The lowest BCUT2D eigenvalue weighted by Gasteiger charge is -2.18. The first-order chi connectivity index (χ1) is 8.93. The van der Waals surface area contributed by atoms with Crippen molar-refractivity contribution in [2.24, 2.45) is 5.84 Å². The fourth-order valence-corrected chi connectivity index (χ4v) is 1.70. The van der Waals surface area contributed by atoms with E-state index >= 15 is 0 Å². The zero-order valence-electron chi connectivity index (χ0n) is 11.2. The van der Waals surface area contributed by atoms with Gasteiger partial charge in [0.2, 0.25) is 0 Å². The van der Waals surface area contributed by atoms with Gasteiger partial charge in [-0.15, -0.1) is 0 Å². The first-order valence-electron chi connectivity index (χ1n) is 6.10. The summed E-state index contributed by atoms with van der Waals surface area (Å²) < 4.78 is 13.7. The number of hydrogen-bond donors (Lipinski definition) is 3. The van der Waals surface area contributed by atoms with E-state index in [1.54, 1.807) is 6.92 Å². The Kier molecular flexibility index (Phi) is 5.88. The summed E-state index contributed by atoms with van der Waals surface area (Å²) in [6.45, 7) is 2.72. The molecule has 0 fully saturated rings. The van der Waals surface area contributed by atoms with Gasteiger partial charge in [0.25, 0.3) is 5.91 Å². The SMILES string of the molecule is CC(O)CCN(C)Cc1cc(C(=O)NN)ccc1F. The number of aliphatic hydroxyl groups is 1.